The fourth-order valence-corrected chi connectivity index (χ4v) is 0. The average Bonchev–Trinajstić information content (AvgIpc) is 2.08. The van der Waals surface area contributed by atoms with Crippen molar-refractivity contribution in [3.8, 4) is 0 Å². The molecule has 0 atom stereocenters. The maximum absolute atomic E-state index is 2.18. The Morgan fingerprint density at radius 3 is 0.786 bits per heavy atom. The Morgan fingerprint density at radius 1 is 0.714 bits per heavy atom. The highest BCUT2D eigenvalue weighted by molar-refractivity contribution is 4.20. The molecule has 0 spiro atoms. The van der Waals surface area contributed by atoms with E-state index in [4.69, 9.17) is 0 Å². The lowest BCUT2D eigenvalue weighted by molar-refractivity contribution is 0.737. The van der Waals surface area contributed by atoms with Gasteiger partial charge in [-0.3, -0.25) is 0 Å². The minimum absolute atomic E-state index is 0. The van der Waals surface area contributed by atoms with Crippen molar-refractivity contribution in [2.24, 2.45) is 5.92 Å². The predicted molar refractivity (Wildman–Crippen MR) is 75.1 cm³/mol. The van der Waals surface area contributed by atoms with E-state index in [0.717, 1.165) is 5.92 Å². The molecule has 0 rings (SSSR count). The van der Waals surface area contributed by atoms with Gasteiger partial charge in [0.15, 0.2) is 0 Å². The molecule has 0 amide bonds. The van der Waals surface area contributed by atoms with Gasteiger partial charge in [-0.15, -0.1) is 0 Å². The summed E-state index contributed by atoms with van der Waals surface area (Å²) in [4.78, 5) is 0. The van der Waals surface area contributed by atoms with Crippen LogP contribution in [-0.4, -0.2) is 0 Å². The van der Waals surface area contributed by atoms with Crippen molar-refractivity contribution < 1.29 is 0 Å². The fourth-order valence-electron chi connectivity index (χ4n) is 0. The molecular weight excluding hydrogens is 168 g/mol. The summed E-state index contributed by atoms with van der Waals surface area (Å²) in [6.07, 6.45) is 3.89. The Balaban J connectivity index is -0.0000000260. The summed E-state index contributed by atoms with van der Waals surface area (Å²) in [5.41, 5.74) is 0. The summed E-state index contributed by atoms with van der Waals surface area (Å²) < 4.78 is 0. The van der Waals surface area contributed by atoms with E-state index in [1.165, 1.54) is 19.3 Å². The van der Waals surface area contributed by atoms with Gasteiger partial charge in [0.1, 0.15) is 0 Å². The molecule has 94 valence electrons. The Labute approximate surface area is 95.5 Å². The standard InChI is InChI=1S/2C4H10.C3H8.C2H6.CH4/c1-4(2)3;1-3-4-2;1-3-2;1-2;/h4H,1-3H3;3-4H2,1-2H3;3H2,1-2H3;1-2H3;1H4. The average molecular weight is 206 g/mol. The van der Waals surface area contributed by atoms with Crippen molar-refractivity contribution in [1.29, 1.82) is 0 Å². The first-order valence-electron chi connectivity index (χ1n) is 6.06. The molecule has 0 radical (unpaired) electrons. The zero-order valence-electron chi connectivity index (χ0n) is 11.7. The van der Waals surface area contributed by atoms with Crippen LogP contribution in [0.3, 0.4) is 0 Å². The molecule has 0 aromatic carbocycles. The van der Waals surface area contributed by atoms with E-state index in [2.05, 4.69) is 48.5 Å². The van der Waals surface area contributed by atoms with Crippen molar-refractivity contribution in [3.63, 3.8) is 0 Å². The topological polar surface area (TPSA) is 0 Å². The van der Waals surface area contributed by atoms with E-state index < -0.39 is 0 Å². The van der Waals surface area contributed by atoms with Crippen LogP contribution in [0.1, 0.15) is 89.0 Å². The van der Waals surface area contributed by atoms with E-state index in [1.54, 1.807) is 0 Å². The van der Waals surface area contributed by atoms with Crippen LogP contribution in [-0.2, 0) is 0 Å². The van der Waals surface area contributed by atoms with Crippen molar-refractivity contribution in [1.82, 2.24) is 0 Å². The zero-order valence-corrected chi connectivity index (χ0v) is 11.7. The van der Waals surface area contributed by atoms with E-state index in [0.29, 0.717) is 0 Å². The fraction of sp³-hybridized carbons (Fsp3) is 1.00. The van der Waals surface area contributed by atoms with E-state index in [9.17, 15) is 0 Å². The highest BCUT2D eigenvalue weighted by Crippen LogP contribution is 1.81. The van der Waals surface area contributed by atoms with E-state index >= 15 is 0 Å². The van der Waals surface area contributed by atoms with Gasteiger partial charge in [-0.05, 0) is 5.92 Å². The van der Waals surface area contributed by atoms with Gasteiger partial charge in [-0.25, -0.2) is 0 Å². The van der Waals surface area contributed by atoms with Crippen LogP contribution in [0.15, 0.2) is 0 Å². The van der Waals surface area contributed by atoms with Crippen LogP contribution in [0, 0.1) is 5.92 Å². The third-order valence-electron chi connectivity index (χ3n) is 0.500. The smallest absolute Gasteiger partial charge is 0.0500 e. The second-order valence-electron chi connectivity index (χ2n) is 3.44. The summed E-state index contributed by atoms with van der Waals surface area (Å²) >= 11 is 0. The van der Waals surface area contributed by atoms with Gasteiger partial charge in [0.25, 0.3) is 0 Å². The van der Waals surface area contributed by atoms with Crippen LogP contribution in [0.4, 0.5) is 0 Å². The van der Waals surface area contributed by atoms with Gasteiger partial charge in [-0.2, -0.15) is 0 Å². The lowest BCUT2D eigenvalue weighted by atomic mass is 10.3. The quantitative estimate of drug-likeness (QED) is 0.456. The summed E-state index contributed by atoms with van der Waals surface area (Å²) in [6, 6.07) is 0. The molecule has 14 heavy (non-hydrogen) atoms. The first kappa shape index (κ1) is 29.2. The Kier molecular flexibility index (Phi) is 108. The first-order chi connectivity index (χ1) is 6.06. The normalized spacial score (nSPS) is 6.43. The molecule has 0 heteroatoms. The van der Waals surface area contributed by atoms with Crippen molar-refractivity contribution in [2.45, 2.75) is 89.0 Å². The molecule has 0 bridgehead atoms. The first-order valence-corrected chi connectivity index (χ1v) is 6.06. The molecule has 0 saturated carbocycles. The molecule has 0 aliphatic heterocycles. The van der Waals surface area contributed by atoms with Gasteiger partial charge in [-0.1, -0.05) is 89.0 Å². The highest BCUT2D eigenvalue weighted by atomic mass is 13.7. The molecule has 0 aromatic rings. The summed E-state index contributed by atoms with van der Waals surface area (Å²) in [5.74, 6) is 0.833. The van der Waals surface area contributed by atoms with Crippen molar-refractivity contribution in [2.75, 3.05) is 0 Å². The molecule has 0 fully saturated rings. The Bertz CT molecular complexity index is 24.3. The summed E-state index contributed by atoms with van der Waals surface area (Å²) in [5, 5.41) is 0. The Hall–Kier alpha value is 0. The Morgan fingerprint density at radius 2 is 0.786 bits per heavy atom. The largest absolute Gasteiger partial charge is 0.0776 e. The van der Waals surface area contributed by atoms with Gasteiger partial charge in [0.05, 0.1) is 0 Å². The van der Waals surface area contributed by atoms with Crippen LogP contribution in [0.2, 0.25) is 0 Å². The lowest BCUT2D eigenvalue weighted by Crippen LogP contribution is -1.66. The third kappa shape index (κ3) is 1450. The number of rotatable bonds is 1. The maximum Gasteiger partial charge on any atom is -0.0500 e. The molecule has 0 N–H and O–H groups in total. The van der Waals surface area contributed by atoms with Crippen molar-refractivity contribution >= 4 is 0 Å². The molecule has 0 saturated heterocycles. The number of hydrogen-bond donors (Lipinski definition) is 0. The maximum atomic E-state index is 2.18. The predicted octanol–water partition coefficient (Wildman–Crippen LogP) is 6.55. The molecule has 0 aliphatic rings. The summed E-state index contributed by atoms with van der Waals surface area (Å²) in [7, 11) is 0. The third-order valence-corrected chi connectivity index (χ3v) is 0.500. The van der Waals surface area contributed by atoms with E-state index in [-0.39, 0.29) is 7.43 Å². The molecular formula is C14H38. The minimum atomic E-state index is 0. The molecule has 0 nitrogen and oxygen atoms in total. The van der Waals surface area contributed by atoms with Crippen molar-refractivity contribution in [3.05, 3.63) is 0 Å². The summed E-state index contributed by atoms with van der Waals surface area (Å²) in [6.45, 7) is 19.1. The minimum Gasteiger partial charge on any atom is -0.0776 e. The molecule has 0 heterocycles. The molecule has 0 aliphatic carbocycles. The van der Waals surface area contributed by atoms with Crippen LogP contribution in [0.5, 0.6) is 0 Å². The number of unbranched alkanes of at least 4 members (excludes halogenated alkanes) is 1. The van der Waals surface area contributed by atoms with Gasteiger partial charge >= 0.3 is 0 Å². The second kappa shape index (κ2) is 52.0. The van der Waals surface area contributed by atoms with Crippen LogP contribution in [0.25, 0.3) is 0 Å². The zero-order chi connectivity index (χ0) is 11.7. The van der Waals surface area contributed by atoms with Crippen LogP contribution < -0.4 is 0 Å². The molecule has 0 aromatic heterocycles. The SMILES string of the molecule is C.CC.CC(C)C.CCC.CCCC. The lowest BCUT2D eigenvalue weighted by Gasteiger charge is -1.79. The van der Waals surface area contributed by atoms with E-state index in [1.807, 2.05) is 13.8 Å². The van der Waals surface area contributed by atoms with Gasteiger partial charge in [0, 0.05) is 0 Å². The number of hydrogen-bond acceptors (Lipinski definition) is 0. The van der Waals surface area contributed by atoms with Crippen LogP contribution >= 0.6 is 0 Å². The second-order valence-corrected chi connectivity index (χ2v) is 3.44. The monoisotopic (exact) mass is 206 g/mol. The highest BCUT2D eigenvalue weighted by Gasteiger charge is 1.68. The molecule has 0 unspecified atom stereocenters. The van der Waals surface area contributed by atoms with Gasteiger partial charge in [0.2, 0.25) is 0 Å². The van der Waals surface area contributed by atoms with Gasteiger partial charge < -0.3 is 0 Å².